The Balaban J connectivity index is 1.63. The molecule has 0 fully saturated rings. The molecule has 3 heterocycles. The van der Waals surface area contributed by atoms with Crippen molar-refractivity contribution < 1.29 is 22.8 Å². The highest BCUT2D eigenvalue weighted by atomic mass is 32.1. The molecule has 170 valence electrons. The highest BCUT2D eigenvalue weighted by Gasteiger charge is 2.32. The molecule has 0 spiro atoms. The fourth-order valence-corrected chi connectivity index (χ4v) is 3.95. The summed E-state index contributed by atoms with van der Waals surface area (Å²) in [6, 6.07) is 10.0. The van der Waals surface area contributed by atoms with Gasteiger partial charge in [-0.05, 0) is 29.1 Å². The van der Waals surface area contributed by atoms with E-state index >= 15 is 0 Å². The van der Waals surface area contributed by atoms with Gasteiger partial charge in [-0.2, -0.15) is 13.2 Å². The first-order chi connectivity index (χ1) is 15.7. The Kier molecular flexibility index (Phi) is 6.05. The summed E-state index contributed by atoms with van der Waals surface area (Å²) < 4.78 is 39.1. The average Bonchev–Trinajstić information content (AvgIpc) is 3.44. The minimum absolute atomic E-state index is 0.0455. The van der Waals surface area contributed by atoms with Crippen LogP contribution in [0.15, 0.2) is 65.0 Å². The first kappa shape index (κ1) is 22.3. The molecule has 0 aliphatic carbocycles. The van der Waals surface area contributed by atoms with Gasteiger partial charge >= 0.3 is 6.18 Å². The van der Waals surface area contributed by atoms with Gasteiger partial charge in [0.1, 0.15) is 11.7 Å². The zero-order chi connectivity index (χ0) is 23.6. The highest BCUT2D eigenvalue weighted by molar-refractivity contribution is 7.12. The van der Waals surface area contributed by atoms with Crippen LogP contribution in [0.2, 0.25) is 0 Å². The van der Waals surface area contributed by atoms with Gasteiger partial charge in [-0.15, -0.1) is 11.3 Å². The number of para-hydroxylation sites is 1. The molecule has 1 unspecified atom stereocenters. The Morgan fingerprint density at radius 1 is 1.06 bits per heavy atom. The Bertz CT molecular complexity index is 1360. The summed E-state index contributed by atoms with van der Waals surface area (Å²) in [7, 11) is 0. The molecular weight excluding hydrogens is 457 g/mol. The summed E-state index contributed by atoms with van der Waals surface area (Å²) in [6.07, 6.45) is -2.44. The molecule has 0 aliphatic heterocycles. The van der Waals surface area contributed by atoms with E-state index in [1.165, 1.54) is 11.3 Å². The topological polar surface area (TPSA) is 107 Å². The third-order valence-electron chi connectivity index (χ3n) is 4.95. The van der Waals surface area contributed by atoms with Crippen molar-refractivity contribution in [2.24, 2.45) is 0 Å². The van der Waals surface area contributed by atoms with Crippen LogP contribution >= 0.6 is 11.3 Å². The minimum atomic E-state index is -4.71. The predicted molar refractivity (Wildman–Crippen MR) is 118 cm³/mol. The van der Waals surface area contributed by atoms with Gasteiger partial charge in [0.15, 0.2) is 0 Å². The van der Waals surface area contributed by atoms with Crippen molar-refractivity contribution in [3.8, 4) is 0 Å². The number of rotatable bonds is 6. The van der Waals surface area contributed by atoms with Crippen molar-refractivity contribution >= 4 is 39.7 Å². The lowest BCUT2D eigenvalue weighted by Gasteiger charge is -2.18. The molecule has 2 amide bonds. The van der Waals surface area contributed by atoms with Gasteiger partial charge in [0.2, 0.25) is 5.91 Å². The molecule has 11 heteroatoms. The average molecular weight is 474 g/mol. The summed E-state index contributed by atoms with van der Waals surface area (Å²) in [6.45, 7) is 0. The molecule has 33 heavy (non-hydrogen) atoms. The van der Waals surface area contributed by atoms with Crippen molar-refractivity contribution in [1.29, 1.82) is 0 Å². The lowest BCUT2D eigenvalue weighted by molar-refractivity contribution is -0.137. The number of fused-ring (bicyclic) bond motifs is 1. The van der Waals surface area contributed by atoms with E-state index in [-0.39, 0.29) is 6.42 Å². The molecule has 0 bridgehead atoms. The van der Waals surface area contributed by atoms with Crippen LogP contribution in [0, 0.1) is 0 Å². The minimum Gasteiger partial charge on any atom is -0.361 e. The van der Waals surface area contributed by atoms with Crippen LogP contribution in [0.1, 0.15) is 20.8 Å². The molecule has 3 aromatic heterocycles. The molecule has 0 saturated carbocycles. The monoisotopic (exact) mass is 474 g/mol. The molecule has 0 radical (unpaired) electrons. The van der Waals surface area contributed by atoms with Crippen molar-refractivity contribution in [3.05, 3.63) is 86.6 Å². The third-order valence-corrected chi connectivity index (χ3v) is 5.82. The normalized spacial score (nSPS) is 12.5. The molecule has 0 saturated heterocycles. The van der Waals surface area contributed by atoms with Crippen molar-refractivity contribution in [2.75, 3.05) is 5.32 Å². The number of hydrogen-bond donors (Lipinski definition) is 4. The summed E-state index contributed by atoms with van der Waals surface area (Å²) in [5.41, 5.74) is -1.04. The molecule has 4 N–H and O–H groups in total. The van der Waals surface area contributed by atoms with Gasteiger partial charge in [-0.1, -0.05) is 24.3 Å². The quantitative estimate of drug-likeness (QED) is 0.340. The number of H-pyrrole nitrogens is 2. The summed E-state index contributed by atoms with van der Waals surface area (Å²) in [4.78, 5) is 43.1. The number of pyridine rings is 1. The number of aromatic amines is 2. The highest BCUT2D eigenvalue weighted by Crippen LogP contribution is 2.29. The summed E-state index contributed by atoms with van der Waals surface area (Å²) in [5, 5.41) is 7.38. The maximum atomic E-state index is 13.0. The lowest BCUT2D eigenvalue weighted by atomic mass is 10.0. The Hall–Kier alpha value is -3.86. The number of thiophene rings is 1. The van der Waals surface area contributed by atoms with E-state index in [0.29, 0.717) is 17.1 Å². The number of carbonyl (C=O) groups excluding carboxylic acids is 2. The Morgan fingerprint density at radius 2 is 1.85 bits per heavy atom. The predicted octanol–water partition coefficient (Wildman–Crippen LogP) is 3.92. The number of anilines is 1. The molecule has 7 nitrogen and oxygen atoms in total. The molecule has 1 atom stereocenters. The second kappa shape index (κ2) is 8.94. The van der Waals surface area contributed by atoms with Gasteiger partial charge in [-0.3, -0.25) is 14.4 Å². The zero-order valence-electron chi connectivity index (χ0n) is 16.8. The second-order valence-electron chi connectivity index (χ2n) is 7.19. The number of amides is 2. The Morgan fingerprint density at radius 3 is 2.58 bits per heavy atom. The summed E-state index contributed by atoms with van der Waals surface area (Å²) in [5.74, 6) is -1.34. The van der Waals surface area contributed by atoms with Crippen LogP contribution < -0.4 is 16.2 Å². The van der Waals surface area contributed by atoms with Crippen molar-refractivity contribution in [1.82, 2.24) is 15.3 Å². The number of hydrogen-bond acceptors (Lipinski definition) is 4. The fraction of sp³-hybridized carbons (Fsp3) is 0.136. The van der Waals surface area contributed by atoms with E-state index in [2.05, 4.69) is 15.6 Å². The standard InChI is InChI=1S/C22H17F3N4O3S/c23-22(24,25)13-9-17(19(30)27-11-13)28-20(31)16(29-21(32)18-6-3-7-33-18)8-12-10-26-15-5-2-1-4-14(12)15/h1-7,9-11,16,26H,8H2,(H,27,30)(H,28,31)(H,29,32). The third kappa shape index (κ3) is 4.98. The van der Waals surface area contributed by atoms with Crippen LogP contribution in [0.3, 0.4) is 0 Å². The van der Waals surface area contributed by atoms with Gasteiger partial charge in [0.25, 0.3) is 11.5 Å². The number of alkyl halides is 3. The van der Waals surface area contributed by atoms with Crippen molar-refractivity contribution in [3.63, 3.8) is 0 Å². The number of benzene rings is 1. The lowest BCUT2D eigenvalue weighted by Crippen LogP contribution is -2.45. The van der Waals surface area contributed by atoms with Gasteiger partial charge < -0.3 is 20.6 Å². The van der Waals surface area contributed by atoms with E-state index in [1.54, 1.807) is 23.7 Å². The molecule has 1 aromatic carbocycles. The largest absolute Gasteiger partial charge is 0.417 e. The SMILES string of the molecule is O=C(NC(Cc1c[nH]c2ccccc12)C(=O)Nc1cc(C(F)(F)F)c[nH]c1=O)c1cccs1. The fourth-order valence-electron chi connectivity index (χ4n) is 3.33. The first-order valence-electron chi connectivity index (χ1n) is 9.72. The molecule has 0 aliphatic rings. The van der Waals surface area contributed by atoms with Crippen LogP contribution in [-0.4, -0.2) is 27.8 Å². The number of nitrogens with one attached hydrogen (secondary N) is 4. The van der Waals surface area contributed by atoms with Crippen LogP contribution in [-0.2, 0) is 17.4 Å². The first-order valence-corrected chi connectivity index (χ1v) is 10.6. The maximum Gasteiger partial charge on any atom is 0.417 e. The van der Waals surface area contributed by atoms with Gasteiger partial charge in [0.05, 0.1) is 10.4 Å². The van der Waals surface area contributed by atoms with E-state index in [0.717, 1.165) is 16.5 Å². The molecular formula is C22H17F3N4O3S. The van der Waals surface area contributed by atoms with Gasteiger partial charge in [0, 0.05) is 29.7 Å². The number of aromatic nitrogens is 2. The van der Waals surface area contributed by atoms with Crippen LogP contribution in [0.25, 0.3) is 10.9 Å². The van der Waals surface area contributed by atoms with E-state index in [4.69, 9.17) is 0 Å². The maximum absolute atomic E-state index is 13.0. The number of carbonyl (C=O) groups is 2. The van der Waals surface area contributed by atoms with Gasteiger partial charge in [-0.25, -0.2) is 0 Å². The second-order valence-corrected chi connectivity index (χ2v) is 8.13. The van der Waals surface area contributed by atoms with E-state index < -0.39 is 40.8 Å². The summed E-state index contributed by atoms with van der Waals surface area (Å²) >= 11 is 1.18. The van der Waals surface area contributed by atoms with Crippen LogP contribution in [0.5, 0.6) is 0 Å². The van der Waals surface area contributed by atoms with E-state index in [9.17, 15) is 27.6 Å². The van der Waals surface area contributed by atoms with Crippen LogP contribution in [0.4, 0.5) is 18.9 Å². The smallest absolute Gasteiger partial charge is 0.361 e. The Labute approximate surface area is 188 Å². The van der Waals surface area contributed by atoms with E-state index in [1.807, 2.05) is 29.2 Å². The molecule has 4 rings (SSSR count). The van der Waals surface area contributed by atoms with Crippen molar-refractivity contribution in [2.45, 2.75) is 18.6 Å². The number of halogens is 3. The zero-order valence-corrected chi connectivity index (χ0v) is 17.6. The molecule has 4 aromatic rings.